The quantitative estimate of drug-likeness (QED) is 0.805. The van der Waals surface area contributed by atoms with Gasteiger partial charge in [-0.1, -0.05) is 19.1 Å². The third kappa shape index (κ3) is 6.25. The number of amides is 1. The van der Waals surface area contributed by atoms with Crippen LogP contribution in [0.4, 0.5) is 4.79 Å². The third-order valence-electron chi connectivity index (χ3n) is 2.64. The van der Waals surface area contributed by atoms with Crippen molar-refractivity contribution in [1.82, 2.24) is 20.3 Å². The van der Waals surface area contributed by atoms with Gasteiger partial charge in [0.2, 0.25) is 0 Å². The summed E-state index contributed by atoms with van der Waals surface area (Å²) in [5, 5.41) is 10.5. The van der Waals surface area contributed by atoms with Gasteiger partial charge in [-0.25, -0.2) is 14.3 Å². The highest BCUT2D eigenvalue weighted by Gasteiger charge is 2.23. The molecule has 8 heteroatoms. The summed E-state index contributed by atoms with van der Waals surface area (Å²) in [6.45, 7) is 12.0. The van der Waals surface area contributed by atoms with Crippen molar-refractivity contribution in [3.63, 3.8) is 0 Å². The fourth-order valence-electron chi connectivity index (χ4n) is 1.83. The minimum Gasteiger partial charge on any atom is -0.461 e. The first-order valence-corrected chi connectivity index (χ1v) is 7.70. The lowest BCUT2D eigenvalue weighted by Gasteiger charge is -2.20. The van der Waals surface area contributed by atoms with E-state index in [1.165, 1.54) is 0 Å². The standard InChI is InChI=1S/C15H26N4O4/c1-7-22-13(20)12-11(19(18-17-12)9-10(2)3)8-16-14(21)23-15(4,5)6/h10H,7-9H2,1-6H3,(H,16,21). The predicted molar refractivity (Wildman–Crippen MR) is 83.9 cm³/mol. The summed E-state index contributed by atoms with van der Waals surface area (Å²) in [6, 6.07) is 0. The van der Waals surface area contributed by atoms with E-state index >= 15 is 0 Å². The van der Waals surface area contributed by atoms with Gasteiger partial charge in [0.1, 0.15) is 5.60 Å². The summed E-state index contributed by atoms with van der Waals surface area (Å²) < 4.78 is 11.8. The van der Waals surface area contributed by atoms with Crippen LogP contribution in [0.15, 0.2) is 0 Å². The number of ether oxygens (including phenoxy) is 2. The molecule has 0 radical (unpaired) electrons. The van der Waals surface area contributed by atoms with Gasteiger partial charge in [0.05, 0.1) is 18.8 Å². The fraction of sp³-hybridized carbons (Fsp3) is 0.733. The van der Waals surface area contributed by atoms with Crippen LogP contribution in [0.5, 0.6) is 0 Å². The zero-order valence-corrected chi connectivity index (χ0v) is 14.7. The Morgan fingerprint density at radius 1 is 1.30 bits per heavy atom. The van der Waals surface area contributed by atoms with E-state index in [0.717, 1.165) is 0 Å². The second-order valence-electron chi connectivity index (χ2n) is 6.54. The van der Waals surface area contributed by atoms with E-state index in [0.29, 0.717) is 18.2 Å². The number of hydrogen-bond donors (Lipinski definition) is 1. The molecule has 1 N–H and O–H groups in total. The number of alkyl carbamates (subject to hydrolysis) is 1. The van der Waals surface area contributed by atoms with Crippen molar-refractivity contribution in [2.45, 2.75) is 60.2 Å². The molecule has 130 valence electrons. The monoisotopic (exact) mass is 326 g/mol. The molecule has 0 saturated carbocycles. The SMILES string of the molecule is CCOC(=O)c1nnn(CC(C)C)c1CNC(=O)OC(C)(C)C. The Kier molecular flexibility index (Phi) is 6.53. The number of carbonyl (C=O) groups excluding carboxylic acids is 2. The van der Waals surface area contributed by atoms with Crippen molar-refractivity contribution < 1.29 is 19.1 Å². The third-order valence-corrected chi connectivity index (χ3v) is 2.64. The van der Waals surface area contributed by atoms with Gasteiger partial charge in [0.25, 0.3) is 0 Å². The van der Waals surface area contributed by atoms with E-state index in [2.05, 4.69) is 15.6 Å². The second kappa shape index (κ2) is 7.94. The highest BCUT2D eigenvalue weighted by molar-refractivity contribution is 5.88. The lowest BCUT2D eigenvalue weighted by molar-refractivity contribution is 0.0497. The van der Waals surface area contributed by atoms with Crippen LogP contribution in [0.1, 0.15) is 57.7 Å². The molecule has 0 unspecified atom stereocenters. The van der Waals surface area contributed by atoms with E-state index < -0.39 is 17.7 Å². The van der Waals surface area contributed by atoms with Gasteiger partial charge in [0, 0.05) is 6.54 Å². The molecule has 0 fully saturated rings. The summed E-state index contributed by atoms with van der Waals surface area (Å²) in [5.41, 5.74) is 0.0244. The Bertz CT molecular complexity index is 546. The van der Waals surface area contributed by atoms with Crippen LogP contribution >= 0.6 is 0 Å². The molecule has 0 spiro atoms. The van der Waals surface area contributed by atoms with Crippen LogP contribution in [0.2, 0.25) is 0 Å². The minimum atomic E-state index is -0.593. The molecule has 1 aromatic rings. The molecule has 1 heterocycles. The lowest BCUT2D eigenvalue weighted by atomic mass is 10.2. The first kappa shape index (κ1) is 18.9. The summed E-state index contributed by atoms with van der Waals surface area (Å²) >= 11 is 0. The van der Waals surface area contributed by atoms with E-state index in [-0.39, 0.29) is 18.8 Å². The molecule has 0 atom stereocenters. The van der Waals surface area contributed by atoms with Gasteiger partial charge < -0.3 is 14.8 Å². The zero-order valence-electron chi connectivity index (χ0n) is 14.7. The van der Waals surface area contributed by atoms with Gasteiger partial charge in [-0.2, -0.15) is 0 Å². The Labute approximate surface area is 136 Å². The van der Waals surface area contributed by atoms with Gasteiger partial charge in [-0.15, -0.1) is 5.10 Å². The van der Waals surface area contributed by atoms with Gasteiger partial charge >= 0.3 is 12.1 Å². The Morgan fingerprint density at radius 2 is 1.96 bits per heavy atom. The van der Waals surface area contributed by atoms with Gasteiger partial charge in [-0.05, 0) is 33.6 Å². The zero-order chi connectivity index (χ0) is 17.6. The van der Waals surface area contributed by atoms with Crippen molar-refractivity contribution in [2.75, 3.05) is 6.61 Å². The summed E-state index contributed by atoms with van der Waals surface area (Å²) in [6.07, 6.45) is -0.565. The molecule has 0 aliphatic carbocycles. The van der Waals surface area contributed by atoms with Gasteiger partial charge in [-0.3, -0.25) is 0 Å². The molecule has 1 rings (SSSR count). The predicted octanol–water partition coefficient (Wildman–Crippen LogP) is 2.14. The highest BCUT2D eigenvalue weighted by atomic mass is 16.6. The first-order chi connectivity index (χ1) is 10.6. The number of nitrogens with zero attached hydrogens (tertiary/aromatic N) is 3. The van der Waals surface area contributed by atoms with E-state index in [4.69, 9.17) is 9.47 Å². The average Bonchev–Trinajstić information content (AvgIpc) is 2.76. The van der Waals surface area contributed by atoms with E-state index in [9.17, 15) is 9.59 Å². The molecule has 1 amide bonds. The summed E-state index contributed by atoms with van der Waals surface area (Å²) in [5.74, 6) is -0.240. The van der Waals surface area contributed by atoms with Crippen LogP contribution in [0.25, 0.3) is 0 Å². The van der Waals surface area contributed by atoms with Crippen molar-refractivity contribution in [3.05, 3.63) is 11.4 Å². The normalized spacial score (nSPS) is 11.4. The molecule has 0 aliphatic heterocycles. The van der Waals surface area contributed by atoms with Crippen LogP contribution in [0.3, 0.4) is 0 Å². The summed E-state index contributed by atoms with van der Waals surface area (Å²) in [4.78, 5) is 23.8. The van der Waals surface area contributed by atoms with Crippen molar-refractivity contribution in [3.8, 4) is 0 Å². The fourth-order valence-corrected chi connectivity index (χ4v) is 1.83. The molecule has 1 aromatic heterocycles. The lowest BCUT2D eigenvalue weighted by Crippen LogP contribution is -2.33. The molecule has 0 aliphatic rings. The minimum absolute atomic E-state index is 0.0861. The van der Waals surface area contributed by atoms with E-state index in [1.807, 2.05) is 13.8 Å². The number of carbonyl (C=O) groups is 2. The first-order valence-electron chi connectivity index (χ1n) is 7.70. The maximum atomic E-state index is 12.0. The molecular weight excluding hydrogens is 300 g/mol. The van der Waals surface area contributed by atoms with Gasteiger partial charge in [0.15, 0.2) is 5.69 Å². The Balaban J connectivity index is 2.90. The van der Waals surface area contributed by atoms with Crippen molar-refractivity contribution >= 4 is 12.1 Å². The van der Waals surface area contributed by atoms with Crippen molar-refractivity contribution in [2.24, 2.45) is 5.92 Å². The number of aromatic nitrogens is 3. The second-order valence-corrected chi connectivity index (χ2v) is 6.54. The van der Waals surface area contributed by atoms with Crippen LogP contribution in [0, 0.1) is 5.92 Å². The average molecular weight is 326 g/mol. The molecule has 0 aromatic carbocycles. The van der Waals surface area contributed by atoms with E-state index in [1.54, 1.807) is 32.4 Å². The topological polar surface area (TPSA) is 95.3 Å². The molecular formula is C15H26N4O4. The molecule has 0 bridgehead atoms. The Morgan fingerprint density at radius 3 is 2.48 bits per heavy atom. The molecule has 23 heavy (non-hydrogen) atoms. The molecule has 8 nitrogen and oxygen atoms in total. The summed E-state index contributed by atoms with van der Waals surface area (Å²) in [7, 11) is 0. The number of esters is 1. The molecule has 0 saturated heterocycles. The maximum Gasteiger partial charge on any atom is 0.407 e. The number of hydrogen-bond acceptors (Lipinski definition) is 6. The number of rotatable bonds is 6. The van der Waals surface area contributed by atoms with Crippen molar-refractivity contribution in [1.29, 1.82) is 0 Å². The van der Waals surface area contributed by atoms with Crippen LogP contribution in [-0.2, 0) is 22.6 Å². The number of nitrogens with one attached hydrogen (secondary N) is 1. The maximum absolute atomic E-state index is 12.0. The van der Waals surface area contributed by atoms with Crippen LogP contribution < -0.4 is 5.32 Å². The largest absolute Gasteiger partial charge is 0.461 e. The van der Waals surface area contributed by atoms with Crippen LogP contribution in [-0.4, -0.2) is 39.3 Å². The highest BCUT2D eigenvalue weighted by Crippen LogP contribution is 2.11. The smallest absolute Gasteiger partial charge is 0.407 e. The Hall–Kier alpha value is -2.12.